The van der Waals surface area contributed by atoms with Crippen LogP contribution in [0.1, 0.15) is 12.8 Å². The third-order valence-electron chi connectivity index (χ3n) is 2.75. The van der Waals surface area contributed by atoms with Gasteiger partial charge in [-0.1, -0.05) is 15.9 Å². The highest BCUT2D eigenvalue weighted by Gasteiger charge is 2.08. The number of nitro benzene ring substituents is 1. The molecule has 0 saturated heterocycles. The Hall–Kier alpha value is -1.36. The molecule has 0 fully saturated rings. The minimum Gasteiger partial charge on any atom is -0.347 e. The summed E-state index contributed by atoms with van der Waals surface area (Å²) in [5.41, 5.74) is 1.21. The molecule has 0 aliphatic rings. The van der Waals surface area contributed by atoms with Crippen LogP contribution in [0.15, 0.2) is 30.5 Å². The Morgan fingerprint density at radius 1 is 1.29 bits per heavy atom. The molecule has 1 aromatic heterocycles. The molecule has 0 radical (unpaired) electrons. The molecule has 4 nitrogen and oxygen atoms in total. The topological polar surface area (TPSA) is 48.1 Å². The maximum atomic E-state index is 10.7. The van der Waals surface area contributed by atoms with Crippen molar-refractivity contribution in [3.8, 4) is 0 Å². The average molecular weight is 297 g/mol. The summed E-state index contributed by atoms with van der Waals surface area (Å²) >= 11 is 3.40. The monoisotopic (exact) mass is 296 g/mol. The predicted octanol–water partition coefficient (Wildman–Crippen LogP) is 3.72. The maximum Gasteiger partial charge on any atom is 0.270 e. The summed E-state index contributed by atoms with van der Waals surface area (Å²) in [6, 6.07) is 6.93. The summed E-state index contributed by atoms with van der Waals surface area (Å²) in [4.78, 5) is 10.3. The van der Waals surface area contributed by atoms with Gasteiger partial charge in [0.1, 0.15) is 0 Å². The Morgan fingerprint density at radius 2 is 2.12 bits per heavy atom. The van der Waals surface area contributed by atoms with Crippen molar-refractivity contribution in [2.45, 2.75) is 19.4 Å². The van der Waals surface area contributed by atoms with E-state index in [2.05, 4.69) is 20.5 Å². The van der Waals surface area contributed by atoms with Crippen LogP contribution in [0.25, 0.3) is 10.9 Å². The molecule has 1 heterocycles. The van der Waals surface area contributed by atoms with Crippen LogP contribution < -0.4 is 0 Å². The minimum absolute atomic E-state index is 0.149. The van der Waals surface area contributed by atoms with Gasteiger partial charge in [-0.2, -0.15) is 0 Å². The normalized spacial score (nSPS) is 10.9. The van der Waals surface area contributed by atoms with E-state index >= 15 is 0 Å². The van der Waals surface area contributed by atoms with Gasteiger partial charge in [-0.25, -0.2) is 0 Å². The number of hydrogen-bond acceptors (Lipinski definition) is 2. The maximum absolute atomic E-state index is 10.7. The number of aryl methyl sites for hydroxylation is 1. The zero-order chi connectivity index (χ0) is 12.3. The third kappa shape index (κ3) is 2.66. The molecule has 17 heavy (non-hydrogen) atoms. The number of nitro groups is 1. The number of unbranched alkanes of at least 4 members (excludes halogenated alkanes) is 1. The molecular weight excluding hydrogens is 284 g/mol. The summed E-state index contributed by atoms with van der Waals surface area (Å²) < 4.78 is 2.14. The predicted molar refractivity (Wildman–Crippen MR) is 71.6 cm³/mol. The number of nitrogens with zero attached hydrogens (tertiary/aromatic N) is 2. The van der Waals surface area contributed by atoms with Gasteiger partial charge in [0.05, 0.1) is 4.92 Å². The van der Waals surface area contributed by atoms with Crippen LogP contribution in [0.4, 0.5) is 5.69 Å². The van der Waals surface area contributed by atoms with E-state index < -0.39 is 0 Å². The first-order valence-corrected chi connectivity index (χ1v) is 6.64. The number of alkyl halides is 1. The van der Waals surface area contributed by atoms with Crippen molar-refractivity contribution in [1.29, 1.82) is 0 Å². The quantitative estimate of drug-likeness (QED) is 0.365. The summed E-state index contributed by atoms with van der Waals surface area (Å²) in [5, 5.41) is 12.6. The molecule has 0 bridgehead atoms. The summed E-state index contributed by atoms with van der Waals surface area (Å²) in [6.45, 7) is 0.951. The van der Waals surface area contributed by atoms with Crippen LogP contribution in [-0.4, -0.2) is 14.8 Å². The number of rotatable bonds is 5. The fourth-order valence-corrected chi connectivity index (χ4v) is 2.27. The smallest absolute Gasteiger partial charge is 0.270 e. The Morgan fingerprint density at radius 3 is 2.82 bits per heavy atom. The lowest BCUT2D eigenvalue weighted by molar-refractivity contribution is -0.384. The van der Waals surface area contributed by atoms with E-state index in [1.807, 2.05) is 18.3 Å². The number of halogens is 1. The molecule has 0 saturated carbocycles. The lowest BCUT2D eigenvalue weighted by Crippen LogP contribution is -1.96. The summed E-state index contributed by atoms with van der Waals surface area (Å²) in [5.74, 6) is 0. The molecule has 0 unspecified atom stereocenters. The van der Waals surface area contributed by atoms with Crippen LogP contribution in [0.5, 0.6) is 0 Å². The van der Waals surface area contributed by atoms with Gasteiger partial charge < -0.3 is 4.57 Å². The SMILES string of the molecule is O=[N+]([O-])c1ccc2c(ccn2CCCCBr)c1. The standard InChI is InChI=1S/C12H13BrN2O2/c13-6-1-2-7-14-8-5-10-9-11(15(16)17)3-4-12(10)14/h3-5,8-9H,1-2,6-7H2. The van der Waals surface area contributed by atoms with E-state index in [1.54, 1.807) is 12.1 Å². The molecule has 2 aromatic rings. The second kappa shape index (κ2) is 5.31. The second-order valence-electron chi connectivity index (χ2n) is 3.91. The molecule has 0 amide bonds. The molecule has 5 heteroatoms. The largest absolute Gasteiger partial charge is 0.347 e. The van der Waals surface area contributed by atoms with E-state index in [4.69, 9.17) is 0 Å². The van der Waals surface area contributed by atoms with Gasteiger partial charge in [-0.3, -0.25) is 10.1 Å². The highest BCUT2D eigenvalue weighted by molar-refractivity contribution is 9.09. The van der Waals surface area contributed by atoms with Crippen LogP contribution in [0.3, 0.4) is 0 Å². The van der Waals surface area contributed by atoms with Gasteiger partial charge in [0.15, 0.2) is 0 Å². The van der Waals surface area contributed by atoms with Gasteiger partial charge >= 0.3 is 0 Å². The number of hydrogen-bond donors (Lipinski definition) is 0. The number of non-ortho nitro benzene ring substituents is 1. The van der Waals surface area contributed by atoms with Crippen molar-refractivity contribution in [3.05, 3.63) is 40.6 Å². The number of aromatic nitrogens is 1. The van der Waals surface area contributed by atoms with Crippen molar-refractivity contribution in [3.63, 3.8) is 0 Å². The molecular formula is C12H13BrN2O2. The number of benzene rings is 1. The van der Waals surface area contributed by atoms with Gasteiger partial charge in [0.25, 0.3) is 5.69 Å². The van der Waals surface area contributed by atoms with Gasteiger partial charge in [0, 0.05) is 41.1 Å². The first-order chi connectivity index (χ1) is 8.22. The molecule has 0 spiro atoms. The van der Waals surface area contributed by atoms with E-state index in [1.165, 1.54) is 0 Å². The fraction of sp³-hybridized carbons (Fsp3) is 0.333. The fourth-order valence-electron chi connectivity index (χ4n) is 1.87. The van der Waals surface area contributed by atoms with Crippen molar-refractivity contribution in [2.24, 2.45) is 0 Å². The van der Waals surface area contributed by atoms with Gasteiger partial charge in [-0.05, 0) is 25.0 Å². The first-order valence-electron chi connectivity index (χ1n) is 5.51. The summed E-state index contributed by atoms with van der Waals surface area (Å²) in [6.07, 6.45) is 4.22. The molecule has 0 atom stereocenters. The lowest BCUT2D eigenvalue weighted by atomic mass is 10.2. The average Bonchev–Trinajstić information content (AvgIpc) is 2.72. The van der Waals surface area contributed by atoms with Gasteiger partial charge in [-0.15, -0.1) is 0 Å². The third-order valence-corrected chi connectivity index (χ3v) is 3.31. The zero-order valence-corrected chi connectivity index (χ0v) is 10.9. The van der Waals surface area contributed by atoms with E-state index in [-0.39, 0.29) is 10.6 Å². The second-order valence-corrected chi connectivity index (χ2v) is 4.70. The Balaban J connectivity index is 2.25. The molecule has 0 N–H and O–H groups in total. The Labute approximate surface area is 108 Å². The Kier molecular flexibility index (Phi) is 3.78. The molecule has 90 valence electrons. The highest BCUT2D eigenvalue weighted by Crippen LogP contribution is 2.22. The lowest BCUT2D eigenvalue weighted by Gasteiger charge is -2.04. The van der Waals surface area contributed by atoms with Crippen molar-refractivity contribution in [2.75, 3.05) is 5.33 Å². The van der Waals surface area contributed by atoms with Crippen LogP contribution >= 0.6 is 15.9 Å². The van der Waals surface area contributed by atoms with Crippen molar-refractivity contribution < 1.29 is 4.92 Å². The number of fused-ring (bicyclic) bond motifs is 1. The van der Waals surface area contributed by atoms with E-state index in [9.17, 15) is 10.1 Å². The Bertz CT molecular complexity index is 536. The molecule has 1 aromatic carbocycles. The molecule has 0 aliphatic carbocycles. The van der Waals surface area contributed by atoms with Gasteiger partial charge in [0.2, 0.25) is 0 Å². The van der Waals surface area contributed by atoms with Crippen molar-refractivity contribution in [1.82, 2.24) is 4.57 Å². The highest BCUT2D eigenvalue weighted by atomic mass is 79.9. The zero-order valence-electron chi connectivity index (χ0n) is 9.30. The van der Waals surface area contributed by atoms with Crippen LogP contribution in [0.2, 0.25) is 0 Å². The van der Waals surface area contributed by atoms with Crippen molar-refractivity contribution >= 4 is 32.5 Å². The molecule has 0 aliphatic heterocycles. The van der Waals surface area contributed by atoms with E-state index in [0.29, 0.717) is 0 Å². The van der Waals surface area contributed by atoms with Crippen LogP contribution in [-0.2, 0) is 6.54 Å². The first kappa shape index (κ1) is 12.1. The van der Waals surface area contributed by atoms with Crippen LogP contribution in [0, 0.1) is 10.1 Å². The minimum atomic E-state index is -0.360. The molecule has 2 rings (SSSR count). The van der Waals surface area contributed by atoms with E-state index in [0.717, 1.165) is 35.6 Å². The summed E-state index contributed by atoms with van der Waals surface area (Å²) in [7, 11) is 0.